The van der Waals surface area contributed by atoms with Crippen molar-refractivity contribution >= 4 is 15.2 Å². The topological polar surface area (TPSA) is 37.3 Å². The van der Waals surface area contributed by atoms with E-state index < -0.39 is 5.97 Å². The third-order valence-electron chi connectivity index (χ3n) is 2.99. The Bertz CT molecular complexity index is 214. The number of hydrogen-bond acceptors (Lipinski definition) is 1. The van der Waals surface area contributed by atoms with Crippen molar-refractivity contribution in [3.8, 4) is 0 Å². The molecule has 0 aromatic heterocycles. The molecule has 0 fully saturated rings. The molecule has 0 rings (SSSR count). The smallest absolute Gasteiger partial charge is 0.330 e. The predicted molar refractivity (Wildman–Crippen MR) is 77.5 cm³/mol. The molecule has 0 aliphatic carbocycles. The van der Waals surface area contributed by atoms with Crippen LogP contribution in [0.4, 0.5) is 0 Å². The molecule has 1 unspecified atom stereocenters. The molecule has 2 nitrogen and oxygen atoms in total. The average molecular weight is 258 g/mol. The summed E-state index contributed by atoms with van der Waals surface area (Å²) in [6, 6.07) is 0. The highest BCUT2D eigenvalue weighted by atomic mass is 31.0. The summed E-state index contributed by atoms with van der Waals surface area (Å²) in [5.74, 6) is -0.848. The van der Waals surface area contributed by atoms with E-state index in [4.69, 9.17) is 5.11 Å². The lowest BCUT2D eigenvalue weighted by atomic mass is 10.0. The molecule has 0 heterocycles. The molecule has 0 aliphatic heterocycles. The van der Waals surface area contributed by atoms with Crippen LogP contribution in [-0.2, 0) is 4.79 Å². The minimum Gasteiger partial charge on any atom is -0.478 e. The minimum atomic E-state index is -0.848. The monoisotopic (exact) mass is 258 g/mol. The molecule has 0 saturated heterocycles. The van der Waals surface area contributed by atoms with Crippen LogP contribution in [0.5, 0.6) is 0 Å². The van der Waals surface area contributed by atoms with E-state index in [2.05, 4.69) is 15.8 Å². The van der Waals surface area contributed by atoms with Crippen molar-refractivity contribution in [3.05, 3.63) is 12.2 Å². The van der Waals surface area contributed by atoms with Gasteiger partial charge in [-0.15, -0.1) is 9.24 Å². The van der Waals surface area contributed by atoms with Gasteiger partial charge in [0.1, 0.15) is 0 Å². The fourth-order valence-electron chi connectivity index (χ4n) is 1.83. The Morgan fingerprint density at radius 3 is 1.71 bits per heavy atom. The first-order valence-corrected chi connectivity index (χ1v) is 7.61. The largest absolute Gasteiger partial charge is 0.478 e. The van der Waals surface area contributed by atoms with Crippen molar-refractivity contribution < 1.29 is 9.90 Å². The molecule has 0 bridgehead atoms. The highest BCUT2D eigenvalue weighted by molar-refractivity contribution is 7.16. The quantitative estimate of drug-likeness (QED) is 0.320. The summed E-state index contributed by atoms with van der Waals surface area (Å²) in [4.78, 5) is 10.5. The summed E-state index contributed by atoms with van der Waals surface area (Å²) in [7, 11) is 2.77. The second kappa shape index (κ2) is 12.1. The van der Waals surface area contributed by atoms with Gasteiger partial charge in [-0.1, -0.05) is 51.5 Å². The zero-order valence-electron chi connectivity index (χ0n) is 10.9. The lowest BCUT2D eigenvalue weighted by molar-refractivity contribution is -0.132. The Balaban J connectivity index is 3.08. The van der Waals surface area contributed by atoms with Gasteiger partial charge in [0.05, 0.1) is 0 Å². The molecule has 100 valence electrons. The van der Waals surface area contributed by atoms with Crippen LogP contribution >= 0.6 is 9.24 Å². The second-order valence-corrected chi connectivity index (χ2v) is 5.21. The van der Waals surface area contributed by atoms with Gasteiger partial charge in [-0.05, 0) is 25.4 Å². The van der Waals surface area contributed by atoms with E-state index in [1.54, 1.807) is 0 Å². The molecular weight excluding hydrogens is 231 g/mol. The molecule has 0 spiro atoms. The maximum absolute atomic E-state index is 10.5. The summed E-state index contributed by atoms with van der Waals surface area (Å²) >= 11 is 0. The lowest BCUT2D eigenvalue weighted by Gasteiger charge is -2.02. The normalized spacial score (nSPS) is 10.4. The van der Waals surface area contributed by atoms with E-state index in [9.17, 15) is 4.79 Å². The zero-order chi connectivity index (χ0) is 12.9. The maximum Gasteiger partial charge on any atom is 0.330 e. The maximum atomic E-state index is 10.5. The molecule has 0 aromatic carbocycles. The molecular formula is C14H27O2P. The van der Waals surface area contributed by atoms with Crippen molar-refractivity contribution in [3.63, 3.8) is 0 Å². The van der Waals surface area contributed by atoms with E-state index in [1.807, 2.05) is 0 Å². The van der Waals surface area contributed by atoms with Gasteiger partial charge < -0.3 is 5.11 Å². The number of hydrogen-bond donors (Lipinski definition) is 1. The van der Waals surface area contributed by atoms with E-state index in [1.165, 1.54) is 51.1 Å². The van der Waals surface area contributed by atoms with Crippen LogP contribution in [0.1, 0.15) is 64.2 Å². The number of carboxylic acids is 1. The van der Waals surface area contributed by atoms with Crippen molar-refractivity contribution in [1.29, 1.82) is 0 Å². The molecule has 1 N–H and O–H groups in total. The summed E-state index contributed by atoms with van der Waals surface area (Å²) in [5.41, 5.74) is 0.349. The molecule has 17 heavy (non-hydrogen) atoms. The van der Waals surface area contributed by atoms with Gasteiger partial charge in [0.25, 0.3) is 0 Å². The fourth-order valence-corrected chi connectivity index (χ4v) is 2.12. The number of carboxylic acid groups (broad SMARTS) is 1. The molecule has 0 aromatic rings. The second-order valence-electron chi connectivity index (χ2n) is 4.63. The van der Waals surface area contributed by atoms with E-state index in [0.29, 0.717) is 12.0 Å². The molecule has 0 radical (unpaired) electrons. The molecule has 1 atom stereocenters. The third-order valence-corrected chi connectivity index (χ3v) is 3.39. The van der Waals surface area contributed by atoms with Crippen molar-refractivity contribution in [2.45, 2.75) is 64.2 Å². The summed E-state index contributed by atoms with van der Waals surface area (Å²) < 4.78 is 0. The average Bonchev–Trinajstić information content (AvgIpc) is 2.31. The van der Waals surface area contributed by atoms with Gasteiger partial charge in [0.2, 0.25) is 0 Å². The van der Waals surface area contributed by atoms with Gasteiger partial charge >= 0.3 is 5.97 Å². The number of rotatable bonds is 12. The van der Waals surface area contributed by atoms with Gasteiger partial charge in [-0.25, -0.2) is 4.79 Å². The Morgan fingerprint density at radius 2 is 1.29 bits per heavy atom. The van der Waals surface area contributed by atoms with Gasteiger partial charge in [-0.3, -0.25) is 0 Å². The Labute approximate surface area is 108 Å². The Kier molecular flexibility index (Phi) is 11.8. The van der Waals surface area contributed by atoms with E-state index in [-0.39, 0.29) is 0 Å². The van der Waals surface area contributed by atoms with Crippen LogP contribution < -0.4 is 0 Å². The van der Waals surface area contributed by atoms with Crippen LogP contribution in [0.2, 0.25) is 0 Å². The van der Waals surface area contributed by atoms with Crippen LogP contribution in [0.3, 0.4) is 0 Å². The molecule has 0 amide bonds. The Hall–Kier alpha value is -0.360. The minimum absolute atomic E-state index is 0.349. The Morgan fingerprint density at radius 1 is 0.882 bits per heavy atom. The first kappa shape index (κ1) is 16.6. The van der Waals surface area contributed by atoms with Crippen LogP contribution in [-0.4, -0.2) is 17.2 Å². The highest BCUT2D eigenvalue weighted by Gasteiger charge is 2.02. The van der Waals surface area contributed by atoms with Crippen LogP contribution in [0, 0.1) is 0 Å². The van der Waals surface area contributed by atoms with Crippen LogP contribution in [0.25, 0.3) is 0 Å². The summed E-state index contributed by atoms with van der Waals surface area (Å²) in [6.45, 7) is 3.53. The van der Waals surface area contributed by atoms with Crippen LogP contribution in [0.15, 0.2) is 12.2 Å². The highest BCUT2D eigenvalue weighted by Crippen LogP contribution is 2.12. The first-order valence-electron chi connectivity index (χ1n) is 6.79. The number of carbonyl (C=O) groups is 1. The lowest BCUT2D eigenvalue weighted by Crippen LogP contribution is -1.98. The predicted octanol–water partition coefficient (Wildman–Crippen LogP) is 4.40. The van der Waals surface area contributed by atoms with Gasteiger partial charge in [0, 0.05) is 5.57 Å². The summed E-state index contributed by atoms with van der Waals surface area (Å²) in [6.07, 6.45) is 13.3. The zero-order valence-corrected chi connectivity index (χ0v) is 12.1. The SMILES string of the molecule is C=C(CCCCCCCCCCCP)C(=O)O. The fraction of sp³-hybridized carbons (Fsp3) is 0.786. The molecule has 0 aliphatic rings. The number of unbranched alkanes of at least 4 members (excludes halogenated alkanes) is 8. The standard InChI is InChI=1S/C14H27O2P/c1-13(14(15)16)11-9-7-5-3-2-4-6-8-10-12-17/h1-12,17H2,(H,15,16). The van der Waals surface area contributed by atoms with Crippen molar-refractivity contribution in [2.75, 3.05) is 6.16 Å². The van der Waals surface area contributed by atoms with E-state index >= 15 is 0 Å². The van der Waals surface area contributed by atoms with Gasteiger partial charge in [-0.2, -0.15) is 0 Å². The molecule has 3 heteroatoms. The number of aliphatic carboxylic acids is 1. The van der Waals surface area contributed by atoms with E-state index in [0.717, 1.165) is 12.8 Å². The van der Waals surface area contributed by atoms with Gasteiger partial charge in [0.15, 0.2) is 0 Å². The summed E-state index contributed by atoms with van der Waals surface area (Å²) in [5, 5.41) is 8.62. The van der Waals surface area contributed by atoms with Crippen molar-refractivity contribution in [1.82, 2.24) is 0 Å². The van der Waals surface area contributed by atoms with Crippen molar-refractivity contribution in [2.24, 2.45) is 0 Å². The third kappa shape index (κ3) is 11.9. The first-order chi connectivity index (χ1) is 8.18. The molecule has 0 saturated carbocycles.